The molecule has 1 aliphatic carbocycles. The van der Waals surface area contributed by atoms with Gasteiger partial charge in [-0.3, -0.25) is 14.7 Å². The topological polar surface area (TPSA) is 92.6 Å². The lowest BCUT2D eigenvalue weighted by atomic mass is 9.94. The van der Waals surface area contributed by atoms with Gasteiger partial charge in [-0.05, 0) is 105 Å². The Kier molecular flexibility index (Phi) is 9.20. The number of nitrogens with zero attached hydrogens (tertiary/aromatic N) is 5. The molecule has 2 amide bonds. The van der Waals surface area contributed by atoms with Crippen molar-refractivity contribution in [1.29, 1.82) is 0 Å². The van der Waals surface area contributed by atoms with Gasteiger partial charge in [0.05, 0.1) is 18.1 Å². The summed E-state index contributed by atoms with van der Waals surface area (Å²) in [6.07, 6.45) is 9.22. The molecule has 1 aromatic carbocycles. The summed E-state index contributed by atoms with van der Waals surface area (Å²) in [6, 6.07) is 7.20. The number of rotatable bonds is 6. The summed E-state index contributed by atoms with van der Waals surface area (Å²) in [4.78, 5) is 40.2. The third-order valence-electron chi connectivity index (χ3n) is 8.24. The van der Waals surface area contributed by atoms with Crippen LogP contribution >= 0.6 is 27.5 Å². The number of nitrogens with one attached hydrogen (secondary N) is 1. The van der Waals surface area contributed by atoms with Crippen molar-refractivity contribution in [2.24, 2.45) is 0 Å². The molecule has 0 spiro atoms. The average molecular weight is 672 g/mol. The number of benzene rings is 1. The van der Waals surface area contributed by atoms with Crippen molar-refractivity contribution in [2.75, 3.05) is 26.2 Å². The Balaban J connectivity index is 1.47. The highest BCUT2D eigenvalue weighted by Crippen LogP contribution is 2.39. The number of carbonyl (C=O) groups excluding carboxylic acids is 2. The second-order valence-electron chi connectivity index (χ2n) is 12.9. The molecular weight excluding hydrogens is 632 g/mol. The lowest BCUT2D eigenvalue weighted by Crippen LogP contribution is -2.61. The first-order valence-corrected chi connectivity index (χ1v) is 15.9. The van der Waals surface area contributed by atoms with E-state index in [2.05, 4.69) is 57.1 Å². The molecule has 1 aliphatic heterocycles. The van der Waals surface area contributed by atoms with Crippen LogP contribution in [0.2, 0.25) is 5.02 Å². The van der Waals surface area contributed by atoms with Gasteiger partial charge in [0.2, 0.25) is 5.91 Å². The zero-order valence-electron chi connectivity index (χ0n) is 25.4. The molecule has 230 valence electrons. The minimum atomic E-state index is -0.638. The van der Waals surface area contributed by atoms with Gasteiger partial charge in [-0.25, -0.2) is 9.78 Å². The minimum Gasteiger partial charge on any atom is -0.444 e. The maximum Gasteiger partial charge on any atom is 0.410 e. The zero-order chi connectivity index (χ0) is 30.9. The second-order valence-corrected chi connectivity index (χ2v) is 14.3. The lowest BCUT2D eigenvalue weighted by molar-refractivity contribution is -0.129. The monoisotopic (exact) mass is 670 g/mol. The Bertz CT molecular complexity index is 1420. The van der Waals surface area contributed by atoms with Gasteiger partial charge in [-0.2, -0.15) is 0 Å². The highest BCUT2D eigenvalue weighted by Gasteiger charge is 2.42. The molecule has 3 heterocycles. The van der Waals surface area contributed by atoms with E-state index in [0.717, 1.165) is 39.7 Å². The molecule has 2 atom stereocenters. The maximum absolute atomic E-state index is 14.1. The van der Waals surface area contributed by atoms with Crippen molar-refractivity contribution >= 4 is 39.5 Å². The van der Waals surface area contributed by atoms with E-state index in [1.165, 1.54) is 0 Å². The number of aryl methyl sites for hydroxylation is 2. The fourth-order valence-electron chi connectivity index (χ4n) is 5.94. The number of aromatic nitrogens is 3. The van der Waals surface area contributed by atoms with Crippen LogP contribution in [0.25, 0.3) is 0 Å². The van der Waals surface area contributed by atoms with Gasteiger partial charge >= 0.3 is 6.09 Å². The first-order valence-electron chi connectivity index (χ1n) is 14.7. The number of hydrogen-bond acceptors (Lipinski definition) is 6. The molecule has 0 saturated carbocycles. The van der Waals surface area contributed by atoms with Gasteiger partial charge in [-0.15, -0.1) is 0 Å². The molecule has 11 heteroatoms. The van der Waals surface area contributed by atoms with Crippen molar-refractivity contribution in [1.82, 2.24) is 29.7 Å². The number of amides is 2. The number of piperazine rings is 1. The molecule has 1 unspecified atom stereocenters. The fraction of sp³-hybridized carbons (Fsp3) is 0.500. The molecule has 0 bridgehead atoms. The molecule has 1 N–H and O–H groups in total. The van der Waals surface area contributed by atoms with E-state index in [0.29, 0.717) is 31.1 Å². The van der Waals surface area contributed by atoms with Gasteiger partial charge < -0.3 is 19.5 Å². The molecule has 2 aromatic heterocycles. The highest BCUT2D eigenvalue weighted by molar-refractivity contribution is 9.10. The second kappa shape index (κ2) is 12.6. The standard InChI is InChI=1S/C32H40BrClN6O3/c1-31(2,3)43-30(42)38-14-15-40(26(19-38)29(41)36-11-10-32(4,5)39-13-12-35-20-39)28-25-9-8-24(34)17-21(25)6-7-22-16-23(33)18-37-27(22)28/h8-9,12-13,16-18,20,26,28H,6-7,10-11,14-15,19H2,1-5H3,(H,36,41)/t26?,28-/m0/s1. The Labute approximate surface area is 267 Å². The van der Waals surface area contributed by atoms with Crippen molar-refractivity contribution in [3.8, 4) is 0 Å². The van der Waals surface area contributed by atoms with Crippen LogP contribution in [0, 0.1) is 0 Å². The van der Waals surface area contributed by atoms with E-state index in [-0.39, 0.29) is 24.0 Å². The Hall–Kier alpha value is -2.95. The third kappa shape index (κ3) is 7.24. The van der Waals surface area contributed by atoms with E-state index in [4.69, 9.17) is 21.3 Å². The summed E-state index contributed by atoms with van der Waals surface area (Å²) in [6.45, 7) is 11.4. The molecular formula is C32H40BrClN6O3. The van der Waals surface area contributed by atoms with Crippen LogP contribution in [0.1, 0.15) is 69.5 Å². The number of hydrogen-bond donors (Lipinski definition) is 1. The van der Waals surface area contributed by atoms with Crippen molar-refractivity contribution in [2.45, 2.75) is 77.1 Å². The minimum absolute atomic E-state index is 0.131. The SMILES string of the molecule is CC(C)(C)OC(=O)N1CCN([C@H]2c3ccc(Cl)cc3CCc3cc(Br)cnc32)C(C(=O)NCCC(C)(C)n2ccnc2)C1. The van der Waals surface area contributed by atoms with E-state index in [1.807, 2.05) is 49.9 Å². The van der Waals surface area contributed by atoms with Crippen molar-refractivity contribution < 1.29 is 14.3 Å². The molecule has 1 fully saturated rings. The van der Waals surface area contributed by atoms with E-state index in [1.54, 1.807) is 17.4 Å². The highest BCUT2D eigenvalue weighted by atomic mass is 79.9. The predicted molar refractivity (Wildman–Crippen MR) is 170 cm³/mol. The van der Waals surface area contributed by atoms with Gasteiger partial charge in [0.15, 0.2) is 0 Å². The van der Waals surface area contributed by atoms with Gasteiger partial charge in [0.25, 0.3) is 0 Å². The summed E-state index contributed by atoms with van der Waals surface area (Å²) >= 11 is 10.0. The van der Waals surface area contributed by atoms with Gasteiger partial charge in [0, 0.05) is 59.8 Å². The number of imidazole rings is 1. The number of halogens is 2. The zero-order valence-corrected chi connectivity index (χ0v) is 27.8. The van der Waals surface area contributed by atoms with Crippen LogP contribution in [-0.4, -0.2) is 74.2 Å². The van der Waals surface area contributed by atoms with Crippen LogP contribution < -0.4 is 5.32 Å². The summed E-state index contributed by atoms with van der Waals surface area (Å²) in [7, 11) is 0. The van der Waals surface area contributed by atoms with E-state index < -0.39 is 17.7 Å². The first-order chi connectivity index (χ1) is 20.3. The number of ether oxygens (including phenoxy) is 1. The molecule has 43 heavy (non-hydrogen) atoms. The molecule has 3 aromatic rings. The summed E-state index contributed by atoms with van der Waals surface area (Å²) in [5, 5.41) is 3.87. The van der Waals surface area contributed by atoms with Gasteiger partial charge in [0.1, 0.15) is 11.6 Å². The number of carbonyl (C=O) groups is 2. The molecule has 9 nitrogen and oxygen atoms in total. The van der Waals surface area contributed by atoms with Crippen molar-refractivity contribution in [3.63, 3.8) is 0 Å². The molecule has 1 saturated heterocycles. The lowest BCUT2D eigenvalue weighted by Gasteiger charge is -2.44. The average Bonchev–Trinajstić information content (AvgIpc) is 3.44. The molecule has 5 rings (SSSR count). The maximum atomic E-state index is 14.1. The first kappa shape index (κ1) is 31.5. The van der Waals surface area contributed by atoms with Crippen LogP contribution in [-0.2, 0) is 27.9 Å². The van der Waals surface area contributed by atoms with Crippen molar-refractivity contribution in [3.05, 3.63) is 81.1 Å². The quantitative estimate of drug-likeness (QED) is 0.359. The van der Waals surface area contributed by atoms with Crippen LogP contribution in [0.3, 0.4) is 0 Å². The van der Waals surface area contributed by atoms with E-state index in [9.17, 15) is 9.59 Å². The molecule has 2 aliphatic rings. The van der Waals surface area contributed by atoms with E-state index >= 15 is 0 Å². The summed E-state index contributed by atoms with van der Waals surface area (Å²) in [5.41, 5.74) is 3.41. The van der Waals surface area contributed by atoms with Crippen LogP contribution in [0.5, 0.6) is 0 Å². The third-order valence-corrected chi connectivity index (χ3v) is 8.91. The summed E-state index contributed by atoms with van der Waals surface area (Å²) in [5.74, 6) is -0.131. The predicted octanol–water partition coefficient (Wildman–Crippen LogP) is 5.74. The Morgan fingerprint density at radius 2 is 1.88 bits per heavy atom. The molecule has 0 radical (unpaired) electrons. The normalized spacial score (nSPS) is 19.3. The van der Waals surface area contributed by atoms with Crippen LogP contribution in [0.4, 0.5) is 4.79 Å². The Morgan fingerprint density at radius 1 is 1.12 bits per heavy atom. The van der Waals surface area contributed by atoms with Crippen LogP contribution in [0.15, 0.2) is 53.7 Å². The number of fused-ring (bicyclic) bond motifs is 2. The fourth-order valence-corrected chi connectivity index (χ4v) is 6.51. The number of pyridine rings is 1. The Morgan fingerprint density at radius 3 is 2.60 bits per heavy atom. The largest absolute Gasteiger partial charge is 0.444 e. The smallest absolute Gasteiger partial charge is 0.410 e. The van der Waals surface area contributed by atoms with Gasteiger partial charge in [-0.1, -0.05) is 17.7 Å². The summed E-state index contributed by atoms with van der Waals surface area (Å²) < 4.78 is 8.67.